The number of ether oxygens (including phenoxy) is 2. The summed E-state index contributed by atoms with van der Waals surface area (Å²) in [7, 11) is 0. The maximum Gasteiger partial charge on any atom is 0.280 e. The molecule has 3 aromatic carbocycles. The Bertz CT molecular complexity index is 944. The van der Waals surface area contributed by atoms with Gasteiger partial charge in [-0.3, -0.25) is 4.79 Å². The van der Waals surface area contributed by atoms with E-state index in [1.54, 1.807) is 37.4 Å². The molecule has 0 aromatic heterocycles. The van der Waals surface area contributed by atoms with Gasteiger partial charge in [-0.1, -0.05) is 41.9 Å². The highest BCUT2D eigenvalue weighted by atomic mass is 35.5. The normalized spacial score (nSPS) is 11.8. The number of benzene rings is 3. The number of rotatable bonds is 7. The van der Waals surface area contributed by atoms with Crippen LogP contribution in [0.25, 0.3) is 0 Å². The zero-order chi connectivity index (χ0) is 19.8. The van der Waals surface area contributed by atoms with Gasteiger partial charge >= 0.3 is 0 Å². The van der Waals surface area contributed by atoms with Gasteiger partial charge in [0.15, 0.2) is 6.10 Å². The van der Waals surface area contributed by atoms with Crippen molar-refractivity contribution in [3.05, 3.63) is 89.4 Å². The average Bonchev–Trinajstić information content (AvgIpc) is 2.71. The van der Waals surface area contributed by atoms with Crippen LogP contribution in [0.5, 0.6) is 17.2 Å². The fourth-order valence-electron chi connectivity index (χ4n) is 2.32. The van der Waals surface area contributed by atoms with E-state index in [4.69, 9.17) is 21.1 Å². The first-order chi connectivity index (χ1) is 13.6. The fourth-order valence-corrected chi connectivity index (χ4v) is 2.44. The lowest BCUT2D eigenvalue weighted by atomic mass is 10.2. The zero-order valence-electron chi connectivity index (χ0n) is 15.2. The summed E-state index contributed by atoms with van der Waals surface area (Å²) in [5.41, 5.74) is 3.26. The summed E-state index contributed by atoms with van der Waals surface area (Å²) in [5, 5.41) is 4.59. The predicted molar refractivity (Wildman–Crippen MR) is 110 cm³/mol. The van der Waals surface area contributed by atoms with E-state index in [1.807, 2.05) is 54.6 Å². The van der Waals surface area contributed by atoms with Crippen molar-refractivity contribution in [3.8, 4) is 17.2 Å². The summed E-state index contributed by atoms with van der Waals surface area (Å²) in [4.78, 5) is 12.1. The minimum absolute atomic E-state index is 0.358. The average molecular weight is 395 g/mol. The zero-order valence-corrected chi connectivity index (χ0v) is 16.0. The molecule has 3 aromatic rings. The van der Waals surface area contributed by atoms with Crippen LogP contribution in [-0.4, -0.2) is 18.2 Å². The summed E-state index contributed by atoms with van der Waals surface area (Å²) in [6, 6.07) is 23.7. The second-order valence-electron chi connectivity index (χ2n) is 5.94. The number of carbonyl (C=O) groups excluding carboxylic acids is 1. The fraction of sp³-hybridized carbons (Fsp3) is 0.0909. The van der Waals surface area contributed by atoms with Crippen molar-refractivity contribution in [3.63, 3.8) is 0 Å². The summed E-state index contributed by atoms with van der Waals surface area (Å²) < 4.78 is 11.3. The number of nitrogens with zero attached hydrogens (tertiary/aromatic N) is 1. The van der Waals surface area contributed by atoms with E-state index in [0.29, 0.717) is 16.5 Å². The first-order valence-electron chi connectivity index (χ1n) is 8.68. The first kappa shape index (κ1) is 19.5. The number of para-hydroxylation sites is 1. The van der Waals surface area contributed by atoms with Crippen LogP contribution in [0, 0.1) is 0 Å². The Balaban J connectivity index is 1.54. The van der Waals surface area contributed by atoms with Crippen molar-refractivity contribution in [2.75, 3.05) is 0 Å². The lowest BCUT2D eigenvalue weighted by Gasteiger charge is -2.12. The van der Waals surface area contributed by atoms with Gasteiger partial charge < -0.3 is 9.47 Å². The third-order valence-electron chi connectivity index (χ3n) is 3.72. The minimum Gasteiger partial charge on any atom is -0.481 e. The Kier molecular flexibility index (Phi) is 6.65. The van der Waals surface area contributed by atoms with E-state index < -0.39 is 6.10 Å². The molecule has 0 radical (unpaired) electrons. The van der Waals surface area contributed by atoms with Crippen LogP contribution < -0.4 is 14.9 Å². The van der Waals surface area contributed by atoms with Gasteiger partial charge in [-0.2, -0.15) is 5.10 Å². The van der Waals surface area contributed by atoms with Crippen molar-refractivity contribution in [2.45, 2.75) is 13.0 Å². The molecule has 0 heterocycles. The molecule has 28 heavy (non-hydrogen) atoms. The van der Waals surface area contributed by atoms with E-state index in [1.165, 1.54) is 0 Å². The van der Waals surface area contributed by atoms with Gasteiger partial charge in [-0.05, 0) is 61.0 Å². The van der Waals surface area contributed by atoms with Crippen LogP contribution in [0.4, 0.5) is 0 Å². The Morgan fingerprint density at radius 1 is 0.964 bits per heavy atom. The Morgan fingerprint density at radius 2 is 1.68 bits per heavy atom. The Hall–Kier alpha value is -3.31. The second-order valence-corrected chi connectivity index (χ2v) is 6.37. The number of carbonyl (C=O) groups is 1. The van der Waals surface area contributed by atoms with Crippen molar-refractivity contribution < 1.29 is 14.3 Å². The van der Waals surface area contributed by atoms with Crippen molar-refractivity contribution in [1.82, 2.24) is 5.43 Å². The number of hydrazone groups is 1. The van der Waals surface area contributed by atoms with Gasteiger partial charge in [-0.25, -0.2) is 5.43 Å². The highest BCUT2D eigenvalue weighted by Crippen LogP contribution is 2.21. The molecule has 0 aliphatic carbocycles. The number of halogens is 1. The molecule has 3 rings (SSSR count). The molecule has 6 heteroatoms. The molecule has 0 spiro atoms. The standard InChI is InChI=1S/C22H19ClN2O3/c1-16(27-20-12-10-18(23)11-13-20)22(26)25-24-15-17-6-5-9-21(14-17)28-19-7-3-2-4-8-19/h2-16H,1H3,(H,25,26). The molecule has 0 saturated carbocycles. The molecule has 0 aliphatic rings. The van der Waals surface area contributed by atoms with Crippen LogP contribution in [0.15, 0.2) is 84.0 Å². The third kappa shape index (κ3) is 5.86. The van der Waals surface area contributed by atoms with Gasteiger partial charge in [0.2, 0.25) is 0 Å². The van der Waals surface area contributed by atoms with Crippen LogP contribution in [0.2, 0.25) is 5.02 Å². The lowest BCUT2D eigenvalue weighted by Crippen LogP contribution is -2.33. The Morgan fingerprint density at radius 3 is 2.43 bits per heavy atom. The molecule has 1 amide bonds. The molecule has 1 unspecified atom stereocenters. The summed E-state index contributed by atoms with van der Waals surface area (Å²) in [6.45, 7) is 1.65. The van der Waals surface area contributed by atoms with Crippen LogP contribution in [-0.2, 0) is 4.79 Å². The van der Waals surface area contributed by atoms with Crippen LogP contribution in [0.3, 0.4) is 0 Å². The maximum absolute atomic E-state index is 12.1. The van der Waals surface area contributed by atoms with Gasteiger partial charge in [0, 0.05) is 5.02 Å². The van der Waals surface area contributed by atoms with Crippen LogP contribution in [0.1, 0.15) is 12.5 Å². The highest BCUT2D eigenvalue weighted by Gasteiger charge is 2.13. The third-order valence-corrected chi connectivity index (χ3v) is 3.97. The number of amides is 1. The van der Waals surface area contributed by atoms with Crippen molar-refractivity contribution in [2.24, 2.45) is 5.10 Å². The molecule has 0 fully saturated rings. The molecule has 142 valence electrons. The van der Waals surface area contributed by atoms with E-state index >= 15 is 0 Å². The molecule has 0 aliphatic heterocycles. The van der Waals surface area contributed by atoms with Gasteiger partial charge in [0.05, 0.1) is 6.21 Å². The maximum atomic E-state index is 12.1. The summed E-state index contributed by atoms with van der Waals surface area (Å²) >= 11 is 5.83. The quantitative estimate of drug-likeness (QED) is 0.450. The molecule has 1 N–H and O–H groups in total. The molecular weight excluding hydrogens is 376 g/mol. The largest absolute Gasteiger partial charge is 0.481 e. The van der Waals surface area contributed by atoms with Crippen molar-refractivity contribution >= 4 is 23.7 Å². The monoisotopic (exact) mass is 394 g/mol. The smallest absolute Gasteiger partial charge is 0.280 e. The SMILES string of the molecule is CC(Oc1ccc(Cl)cc1)C(=O)NN=Cc1cccc(Oc2ccccc2)c1. The van der Waals surface area contributed by atoms with Crippen molar-refractivity contribution in [1.29, 1.82) is 0 Å². The first-order valence-corrected chi connectivity index (χ1v) is 9.06. The predicted octanol–water partition coefficient (Wildman–Crippen LogP) is 5.05. The van der Waals surface area contributed by atoms with E-state index in [9.17, 15) is 4.79 Å². The number of hydrogen-bond acceptors (Lipinski definition) is 4. The molecule has 5 nitrogen and oxygen atoms in total. The topological polar surface area (TPSA) is 59.9 Å². The van der Waals surface area contributed by atoms with Gasteiger partial charge in [0.1, 0.15) is 17.2 Å². The van der Waals surface area contributed by atoms with Gasteiger partial charge in [0.25, 0.3) is 5.91 Å². The number of hydrogen-bond donors (Lipinski definition) is 1. The van der Waals surface area contributed by atoms with Crippen LogP contribution >= 0.6 is 11.6 Å². The van der Waals surface area contributed by atoms with Gasteiger partial charge in [-0.15, -0.1) is 0 Å². The molecule has 0 bridgehead atoms. The van der Waals surface area contributed by atoms with E-state index in [-0.39, 0.29) is 5.91 Å². The Labute approximate surface area is 168 Å². The molecule has 0 saturated heterocycles. The highest BCUT2D eigenvalue weighted by molar-refractivity contribution is 6.30. The minimum atomic E-state index is -0.703. The van der Waals surface area contributed by atoms with E-state index in [2.05, 4.69) is 10.5 Å². The summed E-state index contributed by atoms with van der Waals surface area (Å²) in [5.74, 6) is 1.63. The molecular formula is C22H19ClN2O3. The lowest BCUT2D eigenvalue weighted by molar-refractivity contribution is -0.127. The number of nitrogens with one attached hydrogen (secondary N) is 1. The van der Waals surface area contributed by atoms with E-state index in [0.717, 1.165) is 11.3 Å². The molecule has 1 atom stereocenters. The summed E-state index contributed by atoms with van der Waals surface area (Å²) in [6.07, 6.45) is 0.844. The second kappa shape index (κ2) is 9.58.